The van der Waals surface area contributed by atoms with E-state index in [0.717, 1.165) is 40.5 Å². The molecule has 0 saturated carbocycles. The highest BCUT2D eigenvalue weighted by atomic mass is 16.4. The number of nitrogens with zero attached hydrogens (tertiary/aromatic N) is 3. The Bertz CT molecular complexity index is 889. The molecule has 0 spiro atoms. The number of carboxylic acids is 1. The third-order valence-electron chi connectivity index (χ3n) is 4.79. The van der Waals surface area contributed by atoms with Crippen LogP contribution in [0.25, 0.3) is 21.8 Å². The standard InChI is InChI=1S/C17H18N4O2/c1-10-2-3-12(17(22)23)9-21(10)16-14-11(4-6-19-16)8-20-15-13(14)5-7-18-15/h4-8,10,12H,2-3,9H2,1H3,(H,18,20)(H,22,23). The largest absolute Gasteiger partial charge is 0.481 e. The molecule has 2 atom stereocenters. The molecule has 0 bridgehead atoms. The molecule has 1 aliphatic heterocycles. The van der Waals surface area contributed by atoms with Gasteiger partial charge < -0.3 is 15.0 Å². The summed E-state index contributed by atoms with van der Waals surface area (Å²) < 4.78 is 0. The number of anilines is 1. The summed E-state index contributed by atoms with van der Waals surface area (Å²) in [7, 11) is 0. The Labute approximate surface area is 133 Å². The number of rotatable bonds is 2. The zero-order chi connectivity index (χ0) is 16.0. The summed E-state index contributed by atoms with van der Waals surface area (Å²) >= 11 is 0. The van der Waals surface area contributed by atoms with Crippen LogP contribution < -0.4 is 4.90 Å². The van der Waals surface area contributed by atoms with Crippen molar-refractivity contribution in [3.8, 4) is 0 Å². The van der Waals surface area contributed by atoms with Gasteiger partial charge in [-0.1, -0.05) is 0 Å². The van der Waals surface area contributed by atoms with Crippen molar-refractivity contribution in [1.29, 1.82) is 0 Å². The minimum absolute atomic E-state index is 0.269. The molecule has 118 valence electrons. The van der Waals surface area contributed by atoms with Gasteiger partial charge in [-0.05, 0) is 31.9 Å². The van der Waals surface area contributed by atoms with E-state index in [9.17, 15) is 9.90 Å². The van der Waals surface area contributed by atoms with E-state index in [0.29, 0.717) is 6.54 Å². The van der Waals surface area contributed by atoms with Crippen molar-refractivity contribution in [3.05, 3.63) is 30.7 Å². The Balaban J connectivity index is 1.90. The van der Waals surface area contributed by atoms with Gasteiger partial charge in [0.2, 0.25) is 0 Å². The molecule has 23 heavy (non-hydrogen) atoms. The molecule has 4 rings (SSSR count). The Morgan fingerprint density at radius 2 is 2.22 bits per heavy atom. The minimum Gasteiger partial charge on any atom is -0.481 e. The molecule has 2 unspecified atom stereocenters. The van der Waals surface area contributed by atoms with Gasteiger partial charge in [-0.2, -0.15) is 0 Å². The van der Waals surface area contributed by atoms with Gasteiger partial charge in [-0.3, -0.25) is 4.79 Å². The van der Waals surface area contributed by atoms with E-state index in [1.54, 1.807) is 6.20 Å². The molecule has 0 aromatic carbocycles. The average Bonchev–Trinajstić information content (AvgIpc) is 3.03. The minimum atomic E-state index is -0.726. The van der Waals surface area contributed by atoms with E-state index >= 15 is 0 Å². The van der Waals surface area contributed by atoms with Crippen LogP contribution in [0.5, 0.6) is 0 Å². The van der Waals surface area contributed by atoms with Crippen molar-refractivity contribution in [2.24, 2.45) is 5.92 Å². The number of piperidine rings is 1. The molecule has 0 radical (unpaired) electrons. The fourth-order valence-corrected chi connectivity index (χ4v) is 3.47. The Kier molecular flexibility index (Phi) is 3.18. The van der Waals surface area contributed by atoms with E-state index in [1.165, 1.54) is 0 Å². The van der Waals surface area contributed by atoms with E-state index in [4.69, 9.17) is 0 Å². The van der Waals surface area contributed by atoms with Crippen LogP contribution in [0, 0.1) is 5.92 Å². The molecule has 6 heteroatoms. The van der Waals surface area contributed by atoms with Gasteiger partial charge in [0.25, 0.3) is 0 Å². The molecule has 2 N–H and O–H groups in total. The topological polar surface area (TPSA) is 82.1 Å². The smallest absolute Gasteiger partial charge is 0.308 e. The monoisotopic (exact) mass is 310 g/mol. The second-order valence-corrected chi connectivity index (χ2v) is 6.21. The maximum Gasteiger partial charge on any atom is 0.308 e. The average molecular weight is 310 g/mol. The molecule has 0 amide bonds. The first kappa shape index (κ1) is 14.0. The van der Waals surface area contributed by atoms with Gasteiger partial charge in [-0.15, -0.1) is 0 Å². The summed E-state index contributed by atoms with van der Waals surface area (Å²) in [5.74, 6) is -0.213. The summed E-state index contributed by atoms with van der Waals surface area (Å²) in [6, 6.07) is 4.21. The number of carbonyl (C=O) groups is 1. The third-order valence-corrected chi connectivity index (χ3v) is 4.79. The van der Waals surface area contributed by atoms with Gasteiger partial charge >= 0.3 is 5.97 Å². The summed E-state index contributed by atoms with van der Waals surface area (Å²) in [5, 5.41) is 12.5. The van der Waals surface area contributed by atoms with Gasteiger partial charge in [0.05, 0.1) is 5.92 Å². The fourth-order valence-electron chi connectivity index (χ4n) is 3.47. The fraction of sp³-hybridized carbons (Fsp3) is 0.353. The van der Waals surface area contributed by atoms with Crippen LogP contribution in [0.15, 0.2) is 30.7 Å². The second kappa shape index (κ2) is 5.22. The van der Waals surface area contributed by atoms with Gasteiger partial charge in [0.15, 0.2) is 0 Å². The van der Waals surface area contributed by atoms with E-state index in [2.05, 4.69) is 26.8 Å². The van der Waals surface area contributed by atoms with Crippen LogP contribution in [-0.4, -0.2) is 38.6 Å². The maximum atomic E-state index is 11.4. The van der Waals surface area contributed by atoms with Crippen molar-refractivity contribution < 1.29 is 9.90 Å². The molecular weight excluding hydrogens is 292 g/mol. The Morgan fingerprint density at radius 3 is 3.04 bits per heavy atom. The number of carboxylic acid groups (broad SMARTS) is 1. The Hall–Kier alpha value is -2.63. The van der Waals surface area contributed by atoms with E-state index < -0.39 is 5.97 Å². The maximum absolute atomic E-state index is 11.4. The second-order valence-electron chi connectivity index (χ2n) is 6.21. The first-order valence-electron chi connectivity index (χ1n) is 7.85. The zero-order valence-electron chi connectivity index (χ0n) is 12.9. The van der Waals surface area contributed by atoms with Gasteiger partial charge in [0, 0.05) is 47.3 Å². The molecule has 4 heterocycles. The molecule has 3 aromatic rings. The van der Waals surface area contributed by atoms with Crippen LogP contribution in [-0.2, 0) is 4.79 Å². The number of hydrogen-bond donors (Lipinski definition) is 2. The number of aromatic amines is 1. The van der Waals surface area contributed by atoms with Crippen molar-refractivity contribution in [2.75, 3.05) is 11.4 Å². The highest BCUT2D eigenvalue weighted by Crippen LogP contribution is 2.34. The lowest BCUT2D eigenvalue weighted by atomic mass is 9.93. The number of fused-ring (bicyclic) bond motifs is 3. The normalized spacial score (nSPS) is 21.9. The number of hydrogen-bond acceptors (Lipinski definition) is 4. The van der Waals surface area contributed by atoms with Crippen LogP contribution in [0.1, 0.15) is 19.8 Å². The third kappa shape index (κ3) is 2.21. The predicted molar refractivity (Wildman–Crippen MR) is 88.6 cm³/mol. The highest BCUT2D eigenvalue weighted by Gasteiger charge is 2.31. The van der Waals surface area contributed by atoms with Crippen LogP contribution in [0.2, 0.25) is 0 Å². The molecule has 1 aliphatic rings. The van der Waals surface area contributed by atoms with Crippen LogP contribution in [0.4, 0.5) is 5.82 Å². The zero-order valence-corrected chi connectivity index (χ0v) is 12.9. The summed E-state index contributed by atoms with van der Waals surface area (Å²) in [5.41, 5.74) is 0.825. The van der Waals surface area contributed by atoms with Gasteiger partial charge in [-0.25, -0.2) is 9.97 Å². The first-order valence-corrected chi connectivity index (χ1v) is 7.85. The van der Waals surface area contributed by atoms with Crippen LogP contribution in [0.3, 0.4) is 0 Å². The number of aromatic nitrogens is 3. The quantitative estimate of drug-likeness (QED) is 0.760. The lowest BCUT2D eigenvalue weighted by Gasteiger charge is -2.38. The molecule has 1 saturated heterocycles. The van der Waals surface area contributed by atoms with Crippen molar-refractivity contribution in [3.63, 3.8) is 0 Å². The summed E-state index contributed by atoms with van der Waals surface area (Å²) in [4.78, 5) is 25.7. The Morgan fingerprint density at radius 1 is 1.35 bits per heavy atom. The number of pyridine rings is 2. The lowest BCUT2D eigenvalue weighted by molar-refractivity contribution is -0.142. The molecule has 3 aromatic heterocycles. The predicted octanol–water partition coefficient (Wildman–Crippen LogP) is 2.80. The summed E-state index contributed by atoms with van der Waals surface area (Å²) in [6.07, 6.45) is 7.06. The van der Waals surface area contributed by atoms with Gasteiger partial charge in [0.1, 0.15) is 11.5 Å². The van der Waals surface area contributed by atoms with Crippen molar-refractivity contribution in [1.82, 2.24) is 15.0 Å². The van der Waals surface area contributed by atoms with Crippen molar-refractivity contribution in [2.45, 2.75) is 25.8 Å². The van der Waals surface area contributed by atoms with E-state index in [1.807, 2.05) is 24.5 Å². The number of nitrogens with one attached hydrogen (secondary N) is 1. The molecular formula is C17H18N4O2. The number of H-pyrrole nitrogens is 1. The van der Waals surface area contributed by atoms with Crippen molar-refractivity contribution >= 4 is 33.6 Å². The molecule has 6 nitrogen and oxygen atoms in total. The summed E-state index contributed by atoms with van der Waals surface area (Å²) in [6.45, 7) is 2.63. The number of aliphatic carboxylic acids is 1. The SMILES string of the molecule is CC1CCC(C(=O)O)CN1c1nccc2cnc3[nH]ccc3c12. The van der Waals surface area contributed by atoms with E-state index in [-0.39, 0.29) is 12.0 Å². The highest BCUT2D eigenvalue weighted by molar-refractivity contribution is 6.10. The lowest BCUT2D eigenvalue weighted by Crippen LogP contribution is -2.44. The molecule has 1 fully saturated rings. The molecule has 0 aliphatic carbocycles. The van der Waals surface area contributed by atoms with Crippen LogP contribution >= 0.6 is 0 Å². The first-order chi connectivity index (χ1) is 11.1.